The van der Waals surface area contributed by atoms with E-state index in [1.807, 2.05) is 0 Å². The lowest BCUT2D eigenvalue weighted by atomic mass is 9.87. The van der Waals surface area contributed by atoms with E-state index in [1.54, 1.807) is 0 Å². The van der Waals surface area contributed by atoms with Crippen LogP contribution in [0, 0.1) is 5.92 Å². The Balaban J connectivity index is 1.99. The minimum Gasteiger partial charge on any atom is -0.482 e. The van der Waals surface area contributed by atoms with Crippen molar-refractivity contribution >= 4 is 23.2 Å². The minimum absolute atomic E-state index is 0.0382. The van der Waals surface area contributed by atoms with Crippen molar-refractivity contribution in [3.8, 4) is 5.75 Å². The number of amides is 1. The van der Waals surface area contributed by atoms with E-state index >= 15 is 0 Å². The van der Waals surface area contributed by atoms with E-state index in [9.17, 15) is 18.0 Å². The number of anilines is 1. The summed E-state index contributed by atoms with van der Waals surface area (Å²) >= 11 is 5.85. The van der Waals surface area contributed by atoms with E-state index in [1.165, 1.54) is 24.6 Å². The molecular weight excluding hydrogens is 331 g/mol. The fraction of sp³-hybridized carbons (Fsp3) is 0.562. The van der Waals surface area contributed by atoms with Gasteiger partial charge in [-0.15, -0.1) is 0 Å². The zero-order valence-electron chi connectivity index (χ0n) is 12.6. The van der Waals surface area contributed by atoms with E-state index in [-0.39, 0.29) is 17.3 Å². The van der Waals surface area contributed by atoms with Gasteiger partial charge in [0.15, 0.2) is 6.61 Å². The summed E-state index contributed by atoms with van der Waals surface area (Å²) in [6, 6.07) is 4.14. The van der Waals surface area contributed by atoms with Gasteiger partial charge < -0.3 is 10.1 Å². The third-order valence-electron chi connectivity index (χ3n) is 3.81. The van der Waals surface area contributed by atoms with Gasteiger partial charge in [-0.05, 0) is 37.0 Å². The van der Waals surface area contributed by atoms with Crippen LogP contribution in [0.4, 0.5) is 18.9 Å². The monoisotopic (exact) mass is 349 g/mol. The van der Waals surface area contributed by atoms with Crippen molar-refractivity contribution < 1.29 is 22.7 Å². The quantitative estimate of drug-likeness (QED) is 0.794. The first kappa shape index (κ1) is 17.9. The summed E-state index contributed by atoms with van der Waals surface area (Å²) in [5.41, 5.74) is 0.169. The lowest BCUT2D eigenvalue weighted by molar-refractivity contribution is -0.153. The van der Waals surface area contributed by atoms with Gasteiger partial charge in [-0.25, -0.2) is 0 Å². The van der Waals surface area contributed by atoms with Crippen LogP contribution in [-0.2, 0) is 4.79 Å². The van der Waals surface area contributed by atoms with Crippen molar-refractivity contribution in [1.29, 1.82) is 0 Å². The van der Waals surface area contributed by atoms with Crippen molar-refractivity contribution in [2.45, 2.75) is 44.7 Å². The summed E-state index contributed by atoms with van der Waals surface area (Å²) < 4.78 is 41.6. The number of carbonyl (C=O) groups is 1. The van der Waals surface area contributed by atoms with E-state index in [2.05, 4.69) is 5.32 Å². The molecule has 1 aliphatic rings. The van der Waals surface area contributed by atoms with Crippen molar-refractivity contribution in [3.05, 3.63) is 23.2 Å². The van der Waals surface area contributed by atoms with Crippen LogP contribution in [-0.4, -0.2) is 18.7 Å². The number of carbonyl (C=O) groups excluding carboxylic acids is 1. The molecule has 0 spiro atoms. The maximum atomic E-state index is 12.3. The summed E-state index contributed by atoms with van der Waals surface area (Å²) in [6.07, 6.45) is 1.39. The van der Waals surface area contributed by atoms with Crippen LogP contribution in [0.15, 0.2) is 18.2 Å². The van der Waals surface area contributed by atoms with Crippen LogP contribution in [0.1, 0.15) is 38.5 Å². The molecule has 0 radical (unpaired) electrons. The molecule has 2 rings (SSSR count). The van der Waals surface area contributed by atoms with E-state index in [4.69, 9.17) is 16.3 Å². The standard InChI is InChI=1S/C16H19ClF3NO2/c17-12-6-7-14(23-10-16(18,19)20)13(9-12)21-15(22)8-11-4-2-1-3-5-11/h6-7,9,11H,1-5,8,10H2,(H,21,22). The highest BCUT2D eigenvalue weighted by Crippen LogP contribution is 2.31. The zero-order valence-corrected chi connectivity index (χ0v) is 13.3. The molecule has 0 aromatic heterocycles. The summed E-state index contributed by atoms with van der Waals surface area (Å²) in [5, 5.41) is 2.94. The number of alkyl halides is 3. The molecule has 1 aliphatic carbocycles. The van der Waals surface area contributed by atoms with Crippen LogP contribution >= 0.6 is 11.6 Å². The van der Waals surface area contributed by atoms with Gasteiger partial charge in [0.05, 0.1) is 5.69 Å². The maximum absolute atomic E-state index is 12.3. The van der Waals surface area contributed by atoms with Gasteiger partial charge in [0.2, 0.25) is 5.91 Å². The first-order valence-electron chi connectivity index (χ1n) is 7.62. The van der Waals surface area contributed by atoms with Gasteiger partial charge in [0.25, 0.3) is 0 Å². The van der Waals surface area contributed by atoms with Gasteiger partial charge in [-0.2, -0.15) is 13.2 Å². The van der Waals surface area contributed by atoms with E-state index < -0.39 is 12.8 Å². The van der Waals surface area contributed by atoms with Crippen molar-refractivity contribution in [3.63, 3.8) is 0 Å². The molecule has 0 bridgehead atoms. The fourth-order valence-corrected chi connectivity index (χ4v) is 2.91. The molecular formula is C16H19ClF3NO2. The van der Waals surface area contributed by atoms with Gasteiger partial charge >= 0.3 is 6.18 Å². The fourth-order valence-electron chi connectivity index (χ4n) is 2.74. The summed E-state index contributed by atoms with van der Waals surface area (Å²) in [4.78, 5) is 12.1. The summed E-state index contributed by atoms with van der Waals surface area (Å²) in [5.74, 6) is 0.0715. The smallest absolute Gasteiger partial charge is 0.422 e. The molecule has 0 heterocycles. The van der Waals surface area contributed by atoms with Crippen LogP contribution in [0.2, 0.25) is 5.02 Å². The van der Waals surface area contributed by atoms with Crippen molar-refractivity contribution in [1.82, 2.24) is 0 Å². The molecule has 1 amide bonds. The number of rotatable bonds is 5. The first-order valence-corrected chi connectivity index (χ1v) is 8.00. The third kappa shape index (κ3) is 6.29. The normalized spacial score (nSPS) is 16.2. The number of ether oxygens (including phenoxy) is 1. The zero-order chi connectivity index (χ0) is 16.9. The SMILES string of the molecule is O=C(CC1CCCCC1)Nc1cc(Cl)ccc1OCC(F)(F)F. The molecule has 0 unspecified atom stereocenters. The second-order valence-electron chi connectivity index (χ2n) is 5.80. The highest BCUT2D eigenvalue weighted by atomic mass is 35.5. The molecule has 1 N–H and O–H groups in total. The Morgan fingerprint density at radius 2 is 1.96 bits per heavy atom. The molecule has 1 saturated carbocycles. The van der Waals surface area contributed by atoms with Crippen molar-refractivity contribution in [2.24, 2.45) is 5.92 Å². The minimum atomic E-state index is -4.44. The van der Waals surface area contributed by atoms with Crippen LogP contribution in [0.5, 0.6) is 5.75 Å². The third-order valence-corrected chi connectivity index (χ3v) is 4.04. The predicted octanol–water partition coefficient (Wildman–Crippen LogP) is 5.19. The highest BCUT2D eigenvalue weighted by Gasteiger charge is 2.29. The summed E-state index contributed by atoms with van der Waals surface area (Å²) in [7, 11) is 0. The number of nitrogens with one attached hydrogen (secondary N) is 1. The molecule has 0 aliphatic heterocycles. The van der Waals surface area contributed by atoms with Crippen LogP contribution in [0.3, 0.4) is 0 Å². The summed E-state index contributed by atoms with van der Waals surface area (Å²) in [6.45, 7) is -1.42. The number of hydrogen-bond acceptors (Lipinski definition) is 2. The van der Waals surface area contributed by atoms with Crippen LogP contribution in [0.25, 0.3) is 0 Å². The Hall–Kier alpha value is -1.43. The Kier molecular flexibility index (Phi) is 6.16. The van der Waals surface area contributed by atoms with E-state index in [0.29, 0.717) is 17.4 Å². The molecule has 0 saturated heterocycles. The molecule has 128 valence electrons. The molecule has 0 atom stereocenters. The molecule has 1 aromatic rings. The van der Waals surface area contributed by atoms with E-state index in [0.717, 1.165) is 25.7 Å². The van der Waals surface area contributed by atoms with Gasteiger partial charge in [-0.3, -0.25) is 4.79 Å². The van der Waals surface area contributed by atoms with Crippen LogP contribution < -0.4 is 10.1 Å². The highest BCUT2D eigenvalue weighted by molar-refractivity contribution is 6.31. The average Bonchev–Trinajstić information content (AvgIpc) is 2.46. The molecule has 1 fully saturated rings. The lowest BCUT2D eigenvalue weighted by Gasteiger charge is -2.21. The Bertz CT molecular complexity index is 543. The van der Waals surface area contributed by atoms with Crippen molar-refractivity contribution in [2.75, 3.05) is 11.9 Å². The predicted molar refractivity (Wildman–Crippen MR) is 82.8 cm³/mol. The topological polar surface area (TPSA) is 38.3 Å². The number of hydrogen-bond donors (Lipinski definition) is 1. The number of halogens is 4. The van der Waals surface area contributed by atoms with Gasteiger partial charge in [0.1, 0.15) is 5.75 Å². The second kappa shape index (κ2) is 7.90. The lowest BCUT2D eigenvalue weighted by Crippen LogP contribution is -2.21. The average molecular weight is 350 g/mol. The first-order chi connectivity index (χ1) is 10.8. The molecule has 1 aromatic carbocycles. The van der Waals surface area contributed by atoms with Gasteiger partial charge in [0, 0.05) is 11.4 Å². The second-order valence-corrected chi connectivity index (χ2v) is 6.24. The molecule has 23 heavy (non-hydrogen) atoms. The number of benzene rings is 1. The Labute approximate surface area is 138 Å². The van der Waals surface area contributed by atoms with Gasteiger partial charge in [-0.1, -0.05) is 30.9 Å². The molecule has 7 heteroatoms. The Morgan fingerprint density at radius 1 is 1.26 bits per heavy atom. The maximum Gasteiger partial charge on any atom is 0.422 e. The largest absolute Gasteiger partial charge is 0.482 e. The molecule has 3 nitrogen and oxygen atoms in total. The Morgan fingerprint density at radius 3 is 2.61 bits per heavy atom.